The molecule has 0 aromatic carbocycles. The highest BCUT2D eigenvalue weighted by Crippen LogP contribution is 2.64. The molecule has 28 heavy (non-hydrogen) atoms. The number of nitrogens with zero attached hydrogens (tertiary/aromatic N) is 2. The molecule has 4 atom stereocenters. The average molecular weight is 435 g/mol. The zero-order valence-corrected chi connectivity index (χ0v) is 15.2. The molecule has 2 saturated heterocycles. The Morgan fingerprint density at radius 2 is 2.07 bits per heavy atom. The summed E-state index contributed by atoms with van der Waals surface area (Å²) < 4.78 is 102. The summed E-state index contributed by atoms with van der Waals surface area (Å²) in [6, 6.07) is 0. The molecule has 158 valence electrons. The SMILES string of the molecule is CC(C)OP1(=O)OC[C@@]2(C(F)F)O[C@@H](n3cc(F)c(N)nc3=O)C(F)(F)[C@@H]2O1. The highest BCUT2D eigenvalue weighted by atomic mass is 31.2. The van der Waals surface area contributed by atoms with Crippen molar-refractivity contribution in [1.82, 2.24) is 9.55 Å². The van der Waals surface area contributed by atoms with Gasteiger partial charge < -0.3 is 10.5 Å². The summed E-state index contributed by atoms with van der Waals surface area (Å²) in [7, 11) is -4.64. The Labute approximate surface area is 154 Å². The van der Waals surface area contributed by atoms with Crippen LogP contribution in [-0.4, -0.2) is 46.3 Å². The Bertz CT molecular complexity index is 883. The molecular formula is C13H15F5N3O6P. The number of halogens is 5. The molecule has 0 radical (unpaired) electrons. The Balaban J connectivity index is 2.08. The number of anilines is 1. The summed E-state index contributed by atoms with van der Waals surface area (Å²) in [6.45, 7) is 1.48. The summed E-state index contributed by atoms with van der Waals surface area (Å²) >= 11 is 0. The first-order valence-corrected chi connectivity index (χ1v) is 9.28. The lowest BCUT2D eigenvalue weighted by molar-refractivity contribution is -0.209. The molecule has 2 N–H and O–H groups in total. The van der Waals surface area contributed by atoms with Crippen molar-refractivity contribution >= 4 is 13.6 Å². The van der Waals surface area contributed by atoms with Gasteiger partial charge in [-0.05, 0) is 13.8 Å². The highest BCUT2D eigenvalue weighted by molar-refractivity contribution is 7.48. The number of rotatable bonds is 4. The Morgan fingerprint density at radius 3 is 2.64 bits per heavy atom. The van der Waals surface area contributed by atoms with Crippen molar-refractivity contribution in [1.29, 1.82) is 0 Å². The molecule has 2 aliphatic heterocycles. The molecular weight excluding hydrogens is 420 g/mol. The summed E-state index contributed by atoms with van der Waals surface area (Å²) in [5.74, 6) is -6.60. The van der Waals surface area contributed by atoms with Crippen molar-refractivity contribution in [3.05, 3.63) is 22.5 Å². The van der Waals surface area contributed by atoms with Gasteiger partial charge >= 0.3 is 19.4 Å². The minimum atomic E-state index is -4.64. The number of nitrogen functional groups attached to an aromatic ring is 1. The number of alkyl halides is 4. The van der Waals surface area contributed by atoms with E-state index in [-0.39, 0.29) is 10.8 Å². The van der Waals surface area contributed by atoms with Gasteiger partial charge in [-0.2, -0.15) is 13.8 Å². The second-order valence-corrected chi connectivity index (χ2v) is 8.00. The largest absolute Gasteiger partial charge is 0.475 e. The number of nitrogens with two attached hydrogens (primary N) is 1. The molecule has 0 spiro atoms. The Kier molecular flexibility index (Phi) is 5.08. The lowest BCUT2D eigenvalue weighted by atomic mass is 9.96. The van der Waals surface area contributed by atoms with E-state index in [4.69, 9.17) is 15.0 Å². The van der Waals surface area contributed by atoms with Crippen LogP contribution in [0.1, 0.15) is 20.1 Å². The monoisotopic (exact) mass is 435 g/mol. The number of phosphoric ester groups is 1. The fraction of sp³-hybridized carbons (Fsp3) is 0.692. The molecule has 0 saturated carbocycles. The molecule has 1 unspecified atom stereocenters. The smallest absolute Gasteiger partial charge is 0.381 e. The molecule has 1 aromatic rings. The van der Waals surface area contributed by atoms with Gasteiger partial charge in [0.1, 0.15) is 0 Å². The van der Waals surface area contributed by atoms with Crippen molar-refractivity contribution < 1.29 is 44.8 Å². The molecule has 3 heterocycles. The quantitative estimate of drug-likeness (QED) is 0.565. The van der Waals surface area contributed by atoms with Crippen LogP contribution in [0, 0.1) is 5.82 Å². The van der Waals surface area contributed by atoms with Gasteiger partial charge in [0.15, 0.2) is 23.3 Å². The van der Waals surface area contributed by atoms with E-state index < -0.39 is 68.1 Å². The van der Waals surface area contributed by atoms with Gasteiger partial charge in [-0.1, -0.05) is 0 Å². The van der Waals surface area contributed by atoms with E-state index in [1.807, 2.05) is 0 Å². The fourth-order valence-corrected chi connectivity index (χ4v) is 4.45. The lowest BCUT2D eigenvalue weighted by Crippen LogP contribution is -2.57. The molecule has 1 aromatic heterocycles. The van der Waals surface area contributed by atoms with Gasteiger partial charge in [0.2, 0.25) is 6.23 Å². The molecule has 0 aliphatic carbocycles. The van der Waals surface area contributed by atoms with E-state index in [1.54, 1.807) is 0 Å². The number of fused-ring (bicyclic) bond motifs is 1. The van der Waals surface area contributed by atoms with Crippen molar-refractivity contribution in [3.8, 4) is 0 Å². The number of hydrogen-bond acceptors (Lipinski definition) is 8. The predicted molar refractivity (Wildman–Crippen MR) is 81.3 cm³/mol. The zero-order valence-electron chi connectivity index (χ0n) is 14.4. The molecule has 15 heteroatoms. The van der Waals surface area contributed by atoms with Gasteiger partial charge in [0.25, 0.3) is 6.43 Å². The maximum absolute atomic E-state index is 15.0. The van der Waals surface area contributed by atoms with Crippen LogP contribution < -0.4 is 11.4 Å². The van der Waals surface area contributed by atoms with E-state index in [1.165, 1.54) is 13.8 Å². The highest BCUT2D eigenvalue weighted by Gasteiger charge is 2.75. The van der Waals surface area contributed by atoms with Crippen LogP contribution in [0.3, 0.4) is 0 Å². The first-order chi connectivity index (χ1) is 12.8. The summed E-state index contributed by atoms with van der Waals surface area (Å²) in [6.07, 6.45) is -9.75. The van der Waals surface area contributed by atoms with Crippen molar-refractivity contribution in [3.63, 3.8) is 0 Å². The zero-order chi connectivity index (χ0) is 21.1. The molecule has 2 aliphatic rings. The van der Waals surface area contributed by atoms with E-state index in [2.05, 4.69) is 14.0 Å². The topological polar surface area (TPSA) is 115 Å². The van der Waals surface area contributed by atoms with Crippen molar-refractivity contribution in [2.75, 3.05) is 12.3 Å². The minimum absolute atomic E-state index is 0.0360. The average Bonchev–Trinajstić information content (AvgIpc) is 2.79. The molecule has 2 fully saturated rings. The van der Waals surface area contributed by atoms with E-state index in [0.717, 1.165) is 0 Å². The van der Waals surface area contributed by atoms with Gasteiger partial charge in [-0.15, -0.1) is 0 Å². The summed E-state index contributed by atoms with van der Waals surface area (Å²) in [4.78, 5) is 14.9. The lowest BCUT2D eigenvalue weighted by Gasteiger charge is -2.39. The van der Waals surface area contributed by atoms with Gasteiger partial charge in [0, 0.05) is 0 Å². The molecule has 0 amide bonds. The normalized spacial score (nSPS) is 34.8. The van der Waals surface area contributed by atoms with E-state index in [0.29, 0.717) is 0 Å². The third-order valence-corrected chi connectivity index (χ3v) is 5.63. The van der Waals surface area contributed by atoms with Crippen LogP contribution in [0.15, 0.2) is 11.0 Å². The van der Waals surface area contributed by atoms with Crippen LogP contribution in [0.25, 0.3) is 0 Å². The molecule has 9 nitrogen and oxygen atoms in total. The van der Waals surface area contributed by atoms with E-state index >= 15 is 0 Å². The first-order valence-electron chi connectivity index (χ1n) is 7.82. The number of ether oxygens (including phenoxy) is 1. The second kappa shape index (κ2) is 6.73. The Morgan fingerprint density at radius 1 is 1.43 bits per heavy atom. The van der Waals surface area contributed by atoms with Gasteiger partial charge in [-0.25, -0.2) is 22.5 Å². The Hall–Kier alpha value is -1.60. The maximum Gasteiger partial charge on any atom is 0.475 e. The second-order valence-electron chi connectivity index (χ2n) is 6.42. The summed E-state index contributed by atoms with van der Waals surface area (Å²) in [5, 5.41) is 0. The summed E-state index contributed by atoms with van der Waals surface area (Å²) in [5.41, 5.74) is 0.508. The minimum Gasteiger partial charge on any atom is -0.381 e. The first kappa shape index (κ1) is 21.1. The standard InChI is InChI=1S/C13H15F5N3O6P/c1-5(2)26-28(23)24-4-12(9(15)16)8(27-28)13(17,18)10(25-12)21-3-6(14)7(19)20-11(21)22/h3,5,8-10H,4H2,1-2H3,(H2,19,20,22)/t8-,10-,12-,28?/m1/s1. The van der Waals surface area contributed by atoms with Crippen LogP contribution in [0.5, 0.6) is 0 Å². The van der Waals surface area contributed by atoms with Crippen molar-refractivity contribution in [2.45, 2.75) is 50.2 Å². The van der Waals surface area contributed by atoms with Crippen molar-refractivity contribution in [2.24, 2.45) is 0 Å². The van der Waals surface area contributed by atoms with E-state index in [9.17, 15) is 31.3 Å². The maximum atomic E-state index is 15.0. The van der Waals surface area contributed by atoms with Crippen LogP contribution >= 0.6 is 7.82 Å². The fourth-order valence-electron chi connectivity index (χ4n) is 2.82. The third kappa shape index (κ3) is 3.22. The predicted octanol–water partition coefficient (Wildman–Crippen LogP) is 2.08. The van der Waals surface area contributed by atoms with Crippen LogP contribution in [0.2, 0.25) is 0 Å². The molecule has 3 rings (SSSR count). The van der Waals surface area contributed by atoms with Gasteiger partial charge in [0.05, 0.1) is 18.9 Å². The van der Waals surface area contributed by atoms with Crippen LogP contribution in [-0.2, 0) is 22.9 Å². The van der Waals surface area contributed by atoms with Gasteiger partial charge in [-0.3, -0.25) is 18.1 Å². The third-order valence-electron chi connectivity index (χ3n) is 4.03. The molecule has 0 bridgehead atoms. The number of phosphoric acid groups is 1. The number of hydrogen-bond donors (Lipinski definition) is 1. The van der Waals surface area contributed by atoms with Crippen LogP contribution in [0.4, 0.5) is 27.8 Å². The number of aromatic nitrogens is 2.